The number of hydrogen-bond donors (Lipinski definition) is 1. The lowest BCUT2D eigenvalue weighted by atomic mass is 9.99. The molecule has 0 saturated carbocycles. The van der Waals surface area contributed by atoms with Gasteiger partial charge in [0, 0.05) is 17.7 Å². The Bertz CT molecular complexity index is 586. The Morgan fingerprint density at radius 3 is 2.10 bits per heavy atom. The molecule has 0 aliphatic rings. The third-order valence-corrected chi connectivity index (χ3v) is 3.93. The number of hydrogen-bond acceptors (Lipinski definition) is 5. The number of rotatable bonds is 6. The van der Waals surface area contributed by atoms with E-state index in [0.29, 0.717) is 21.9 Å². The summed E-state index contributed by atoms with van der Waals surface area (Å²) in [5, 5.41) is 3.26. The fraction of sp³-hybridized carbons (Fsp3) is 0.333. The van der Waals surface area contributed by atoms with E-state index >= 15 is 0 Å². The molecule has 0 spiro atoms. The molecule has 0 bridgehead atoms. The summed E-state index contributed by atoms with van der Waals surface area (Å²) in [6, 6.07) is 5.41. The summed E-state index contributed by atoms with van der Waals surface area (Å²) in [7, 11) is 6.72. The molecule has 0 aliphatic carbocycles. The van der Waals surface area contributed by atoms with E-state index in [1.54, 1.807) is 27.6 Å². The maximum Gasteiger partial charge on any atom is 0.174 e. The van der Waals surface area contributed by atoms with Crippen molar-refractivity contribution in [1.29, 1.82) is 0 Å². The average Bonchev–Trinajstić information content (AvgIpc) is 2.94. The Labute approximate surface area is 132 Å². The second kappa shape index (κ2) is 6.87. The predicted molar refractivity (Wildman–Crippen MR) is 83.4 cm³/mol. The third-order valence-electron chi connectivity index (χ3n) is 3.29. The van der Waals surface area contributed by atoms with Gasteiger partial charge in [0.25, 0.3) is 0 Å². The van der Waals surface area contributed by atoms with Crippen LogP contribution in [0.1, 0.15) is 17.2 Å². The van der Waals surface area contributed by atoms with Crippen LogP contribution in [-0.2, 0) is 0 Å². The number of nitrogens with one attached hydrogen (secondary N) is 1. The molecule has 5 nitrogen and oxygen atoms in total. The molecular formula is C15H18BrNO4. The van der Waals surface area contributed by atoms with E-state index in [4.69, 9.17) is 18.6 Å². The van der Waals surface area contributed by atoms with E-state index in [1.165, 1.54) is 0 Å². The Morgan fingerprint density at radius 2 is 1.71 bits per heavy atom. The summed E-state index contributed by atoms with van der Waals surface area (Å²) in [5.41, 5.74) is 1.84. The molecule has 21 heavy (non-hydrogen) atoms. The summed E-state index contributed by atoms with van der Waals surface area (Å²) in [4.78, 5) is 0. The summed E-state index contributed by atoms with van der Waals surface area (Å²) in [6.07, 6.45) is 1.63. The van der Waals surface area contributed by atoms with Gasteiger partial charge in [0.2, 0.25) is 0 Å². The number of methoxy groups -OCH3 is 3. The third kappa shape index (κ3) is 3.01. The highest BCUT2D eigenvalue weighted by molar-refractivity contribution is 9.10. The molecule has 0 radical (unpaired) electrons. The largest absolute Gasteiger partial charge is 0.496 e. The van der Waals surface area contributed by atoms with Crippen LogP contribution < -0.4 is 19.5 Å². The molecule has 1 aromatic carbocycles. The predicted octanol–water partition coefficient (Wildman–Crippen LogP) is 3.38. The average molecular weight is 356 g/mol. The van der Waals surface area contributed by atoms with E-state index < -0.39 is 0 Å². The van der Waals surface area contributed by atoms with Crippen molar-refractivity contribution in [2.24, 2.45) is 0 Å². The first-order chi connectivity index (χ1) is 10.2. The molecule has 1 aromatic heterocycles. The molecule has 1 N–H and O–H groups in total. The van der Waals surface area contributed by atoms with E-state index in [9.17, 15) is 0 Å². The summed E-state index contributed by atoms with van der Waals surface area (Å²) in [5.74, 6) is 2.03. The molecule has 1 atom stereocenters. The zero-order valence-electron chi connectivity index (χ0n) is 12.4. The summed E-state index contributed by atoms with van der Waals surface area (Å²) in [6.45, 7) is 0. The van der Waals surface area contributed by atoms with Crippen LogP contribution in [0, 0.1) is 0 Å². The lowest BCUT2D eigenvalue weighted by Gasteiger charge is -2.22. The number of halogens is 1. The fourth-order valence-corrected chi connectivity index (χ4v) is 2.75. The Morgan fingerprint density at radius 1 is 1.10 bits per heavy atom. The van der Waals surface area contributed by atoms with Crippen molar-refractivity contribution < 1.29 is 18.6 Å². The van der Waals surface area contributed by atoms with Crippen molar-refractivity contribution in [3.8, 4) is 17.2 Å². The van der Waals surface area contributed by atoms with Crippen molar-refractivity contribution in [1.82, 2.24) is 5.32 Å². The van der Waals surface area contributed by atoms with Crippen molar-refractivity contribution in [3.63, 3.8) is 0 Å². The van der Waals surface area contributed by atoms with Crippen LogP contribution in [0.5, 0.6) is 17.2 Å². The molecule has 1 unspecified atom stereocenters. The van der Waals surface area contributed by atoms with Gasteiger partial charge in [0.1, 0.15) is 17.2 Å². The highest BCUT2D eigenvalue weighted by atomic mass is 79.9. The molecule has 0 aliphatic heterocycles. The second-order valence-electron chi connectivity index (χ2n) is 4.32. The Hall–Kier alpha value is -1.66. The van der Waals surface area contributed by atoms with Crippen LogP contribution >= 0.6 is 15.9 Å². The molecule has 114 valence electrons. The maximum atomic E-state index is 5.51. The van der Waals surface area contributed by atoms with Gasteiger partial charge in [-0.2, -0.15) is 0 Å². The van der Waals surface area contributed by atoms with E-state index in [1.807, 2.05) is 25.2 Å². The number of ether oxygens (including phenoxy) is 3. The molecular weight excluding hydrogens is 338 g/mol. The van der Waals surface area contributed by atoms with Gasteiger partial charge in [-0.15, -0.1) is 0 Å². The van der Waals surface area contributed by atoms with Crippen LogP contribution in [0.2, 0.25) is 0 Å². The van der Waals surface area contributed by atoms with Gasteiger partial charge in [-0.25, -0.2) is 0 Å². The van der Waals surface area contributed by atoms with E-state index in [2.05, 4.69) is 21.2 Å². The van der Waals surface area contributed by atoms with Crippen LogP contribution in [0.4, 0.5) is 0 Å². The summed E-state index contributed by atoms with van der Waals surface area (Å²) < 4.78 is 22.3. The monoisotopic (exact) mass is 355 g/mol. The zero-order chi connectivity index (χ0) is 15.4. The minimum atomic E-state index is -0.145. The van der Waals surface area contributed by atoms with Crippen LogP contribution in [-0.4, -0.2) is 28.4 Å². The van der Waals surface area contributed by atoms with Crippen molar-refractivity contribution in [2.45, 2.75) is 6.04 Å². The van der Waals surface area contributed by atoms with Gasteiger partial charge in [0.15, 0.2) is 4.67 Å². The Kier molecular flexibility index (Phi) is 5.14. The van der Waals surface area contributed by atoms with Gasteiger partial charge in [0.05, 0.1) is 39.2 Å². The van der Waals surface area contributed by atoms with Crippen molar-refractivity contribution in [3.05, 3.63) is 40.3 Å². The first-order valence-corrected chi connectivity index (χ1v) is 7.15. The fourth-order valence-electron chi connectivity index (χ4n) is 2.28. The van der Waals surface area contributed by atoms with Gasteiger partial charge < -0.3 is 23.9 Å². The summed E-state index contributed by atoms with van der Waals surface area (Å²) >= 11 is 3.41. The first kappa shape index (κ1) is 15.7. The van der Waals surface area contributed by atoms with Gasteiger partial charge >= 0.3 is 0 Å². The molecule has 0 saturated heterocycles. The maximum absolute atomic E-state index is 5.51. The molecule has 6 heteroatoms. The quantitative estimate of drug-likeness (QED) is 0.860. The first-order valence-electron chi connectivity index (χ1n) is 6.36. The van der Waals surface area contributed by atoms with Crippen molar-refractivity contribution in [2.75, 3.05) is 28.4 Å². The van der Waals surface area contributed by atoms with E-state index in [-0.39, 0.29) is 6.04 Å². The lowest BCUT2D eigenvalue weighted by molar-refractivity contribution is 0.363. The molecule has 0 amide bonds. The Balaban J connectivity index is 2.62. The molecule has 1 heterocycles. The minimum absolute atomic E-state index is 0.145. The van der Waals surface area contributed by atoms with Crippen molar-refractivity contribution >= 4 is 15.9 Å². The minimum Gasteiger partial charge on any atom is -0.496 e. The van der Waals surface area contributed by atoms with Crippen LogP contribution in [0.3, 0.4) is 0 Å². The lowest BCUT2D eigenvalue weighted by Crippen LogP contribution is -2.19. The SMILES string of the molecule is CNC(c1ccoc1Br)c1c(OC)cc(OC)cc1OC. The topological polar surface area (TPSA) is 52.9 Å². The highest BCUT2D eigenvalue weighted by Crippen LogP contribution is 2.42. The van der Waals surface area contributed by atoms with E-state index in [0.717, 1.165) is 11.1 Å². The second-order valence-corrected chi connectivity index (χ2v) is 5.04. The van der Waals surface area contributed by atoms with Crippen LogP contribution in [0.15, 0.2) is 33.5 Å². The molecule has 2 rings (SSSR count). The van der Waals surface area contributed by atoms with Gasteiger partial charge in [-0.3, -0.25) is 0 Å². The number of furan rings is 1. The highest BCUT2D eigenvalue weighted by Gasteiger charge is 2.25. The smallest absolute Gasteiger partial charge is 0.174 e. The molecule has 2 aromatic rings. The van der Waals surface area contributed by atoms with Crippen LogP contribution in [0.25, 0.3) is 0 Å². The molecule has 0 fully saturated rings. The zero-order valence-corrected chi connectivity index (χ0v) is 14.0. The number of benzene rings is 1. The van der Waals surface area contributed by atoms with Gasteiger partial charge in [-0.05, 0) is 29.0 Å². The normalized spacial score (nSPS) is 12.0. The van der Waals surface area contributed by atoms with Gasteiger partial charge in [-0.1, -0.05) is 0 Å². The standard InChI is InChI=1S/C15H18BrNO4/c1-17-14(10-5-6-21-15(10)16)13-11(19-3)7-9(18-2)8-12(13)20-4/h5-8,14,17H,1-4H3.